The van der Waals surface area contributed by atoms with E-state index in [0.717, 1.165) is 9.80 Å². The number of carboxylic acids is 4. The predicted molar refractivity (Wildman–Crippen MR) is 52.9 cm³/mol. The SMILES string of the molecule is O=C([O-])CN(CCN(CC(=O)[O-])CC(=O)[O-])CC(=O)[O-].[Co]. The predicted octanol–water partition coefficient (Wildman–Crippen LogP) is -7.41. The number of nitrogens with zero attached hydrogens (tertiary/aromatic N) is 2. The summed E-state index contributed by atoms with van der Waals surface area (Å²) >= 11 is 0. The minimum atomic E-state index is -1.53. The van der Waals surface area contributed by atoms with Gasteiger partial charge in [0.05, 0.1) is 23.9 Å². The third-order valence-electron chi connectivity index (χ3n) is 2.14. The monoisotopic (exact) mass is 347 g/mol. The molecular weight excluding hydrogens is 335 g/mol. The van der Waals surface area contributed by atoms with Crippen LogP contribution in [0.25, 0.3) is 0 Å². The van der Waals surface area contributed by atoms with E-state index < -0.39 is 50.1 Å². The first-order valence-electron chi connectivity index (χ1n) is 5.44. The molecule has 21 heavy (non-hydrogen) atoms. The largest absolute Gasteiger partial charge is 0.549 e. The second kappa shape index (κ2) is 11.0. The van der Waals surface area contributed by atoms with Gasteiger partial charge in [0.1, 0.15) is 0 Å². The van der Waals surface area contributed by atoms with Crippen molar-refractivity contribution in [1.29, 1.82) is 0 Å². The van der Waals surface area contributed by atoms with Crippen molar-refractivity contribution < 1.29 is 56.4 Å². The van der Waals surface area contributed by atoms with Crippen LogP contribution in [0.15, 0.2) is 0 Å². The normalized spacial score (nSPS) is 10.2. The second-order valence-electron chi connectivity index (χ2n) is 3.91. The van der Waals surface area contributed by atoms with Gasteiger partial charge in [-0.1, -0.05) is 0 Å². The molecule has 11 heteroatoms. The van der Waals surface area contributed by atoms with Gasteiger partial charge >= 0.3 is 0 Å². The van der Waals surface area contributed by atoms with Gasteiger partial charge in [0.15, 0.2) is 0 Å². The molecule has 0 unspecified atom stereocenters. The number of hydrogen-bond acceptors (Lipinski definition) is 10. The van der Waals surface area contributed by atoms with Crippen molar-refractivity contribution >= 4 is 23.9 Å². The van der Waals surface area contributed by atoms with E-state index >= 15 is 0 Å². The molecule has 0 aromatic heterocycles. The Kier molecular flexibility index (Phi) is 11.3. The molecule has 0 N–H and O–H groups in total. The molecule has 0 bridgehead atoms. The molecule has 0 fully saturated rings. The Balaban J connectivity index is 0. The number of carbonyl (C=O) groups is 4. The van der Waals surface area contributed by atoms with Gasteiger partial charge in [0, 0.05) is 56.0 Å². The summed E-state index contributed by atoms with van der Waals surface area (Å²) < 4.78 is 0. The molecule has 0 aliphatic rings. The van der Waals surface area contributed by atoms with Gasteiger partial charge in [-0.3, -0.25) is 9.80 Å². The molecule has 0 heterocycles. The molecule has 0 aromatic rings. The molecule has 0 spiro atoms. The van der Waals surface area contributed by atoms with Gasteiger partial charge in [0.25, 0.3) is 0 Å². The zero-order valence-corrected chi connectivity index (χ0v) is 11.8. The molecule has 0 atom stereocenters. The van der Waals surface area contributed by atoms with E-state index in [4.69, 9.17) is 0 Å². The molecule has 0 aliphatic carbocycles. The Hall–Kier alpha value is -1.69. The third kappa shape index (κ3) is 13.1. The molecular formula is C10H12CoN2O8-4. The zero-order chi connectivity index (χ0) is 15.7. The fraction of sp³-hybridized carbons (Fsp3) is 0.600. The fourth-order valence-electron chi connectivity index (χ4n) is 1.44. The Morgan fingerprint density at radius 2 is 0.762 bits per heavy atom. The maximum atomic E-state index is 10.4. The molecule has 123 valence electrons. The summed E-state index contributed by atoms with van der Waals surface area (Å²) in [5, 5.41) is 41.6. The number of rotatable bonds is 11. The van der Waals surface area contributed by atoms with Crippen molar-refractivity contribution in [2.45, 2.75) is 0 Å². The first kappa shape index (κ1) is 21.6. The number of carboxylic acid groups (broad SMARTS) is 4. The molecule has 0 saturated heterocycles. The number of carbonyl (C=O) groups excluding carboxylic acids is 4. The topological polar surface area (TPSA) is 167 Å². The Morgan fingerprint density at radius 3 is 0.905 bits per heavy atom. The summed E-state index contributed by atoms with van der Waals surface area (Å²) in [7, 11) is 0. The van der Waals surface area contributed by atoms with Gasteiger partial charge < -0.3 is 39.6 Å². The quantitative estimate of drug-likeness (QED) is 0.350. The molecule has 0 aromatic carbocycles. The van der Waals surface area contributed by atoms with Crippen LogP contribution in [-0.2, 0) is 36.0 Å². The molecule has 10 nitrogen and oxygen atoms in total. The molecule has 0 saturated carbocycles. The van der Waals surface area contributed by atoms with Crippen LogP contribution in [0.1, 0.15) is 0 Å². The first-order valence-corrected chi connectivity index (χ1v) is 5.44. The number of hydrogen-bond donors (Lipinski definition) is 0. The third-order valence-corrected chi connectivity index (χ3v) is 2.14. The summed E-state index contributed by atoms with van der Waals surface area (Å²) in [5.41, 5.74) is 0. The summed E-state index contributed by atoms with van der Waals surface area (Å²) in [6.07, 6.45) is 0. The van der Waals surface area contributed by atoms with Crippen molar-refractivity contribution in [2.75, 3.05) is 39.3 Å². The van der Waals surface area contributed by atoms with Crippen LogP contribution in [0.4, 0.5) is 0 Å². The maximum absolute atomic E-state index is 10.4. The van der Waals surface area contributed by atoms with Crippen molar-refractivity contribution in [3.63, 3.8) is 0 Å². The van der Waals surface area contributed by atoms with Crippen LogP contribution in [0.2, 0.25) is 0 Å². The average molecular weight is 347 g/mol. The second-order valence-corrected chi connectivity index (χ2v) is 3.91. The van der Waals surface area contributed by atoms with Gasteiger partial charge in [-0.25, -0.2) is 0 Å². The van der Waals surface area contributed by atoms with Gasteiger partial charge in [-0.15, -0.1) is 0 Å². The fourth-order valence-corrected chi connectivity index (χ4v) is 1.44. The van der Waals surface area contributed by atoms with Crippen LogP contribution >= 0.6 is 0 Å². The van der Waals surface area contributed by atoms with Gasteiger partial charge in [-0.05, 0) is 0 Å². The van der Waals surface area contributed by atoms with E-state index in [1.807, 2.05) is 0 Å². The Labute approximate surface area is 130 Å². The summed E-state index contributed by atoms with van der Waals surface area (Å²) in [4.78, 5) is 43.4. The molecule has 0 amide bonds. The standard InChI is InChI=1S/C10H16N2O8.Co/c13-7(14)3-11(4-8(15)16)1-2-12(5-9(17)18)6-10(19)20;/h1-6H2,(H,13,14)(H,15,16)(H,17,18)(H,19,20);/p-4. The van der Waals surface area contributed by atoms with E-state index in [2.05, 4.69) is 0 Å². The van der Waals surface area contributed by atoms with Crippen molar-refractivity contribution in [3.05, 3.63) is 0 Å². The average Bonchev–Trinajstić information content (AvgIpc) is 2.22. The van der Waals surface area contributed by atoms with Crippen LogP contribution < -0.4 is 20.4 Å². The maximum Gasteiger partial charge on any atom is 0.0555 e. The van der Waals surface area contributed by atoms with Gasteiger partial charge in [0.2, 0.25) is 0 Å². The zero-order valence-electron chi connectivity index (χ0n) is 10.7. The first-order chi connectivity index (χ1) is 9.20. The van der Waals surface area contributed by atoms with E-state index in [1.54, 1.807) is 0 Å². The van der Waals surface area contributed by atoms with Crippen molar-refractivity contribution in [1.82, 2.24) is 9.80 Å². The van der Waals surface area contributed by atoms with E-state index in [-0.39, 0.29) is 29.9 Å². The minimum absolute atomic E-state index is 0. The summed E-state index contributed by atoms with van der Waals surface area (Å²) in [5.74, 6) is -6.12. The van der Waals surface area contributed by atoms with Crippen LogP contribution in [0.5, 0.6) is 0 Å². The van der Waals surface area contributed by atoms with Crippen LogP contribution in [-0.4, -0.2) is 72.9 Å². The molecule has 0 aliphatic heterocycles. The van der Waals surface area contributed by atoms with E-state index in [9.17, 15) is 39.6 Å². The van der Waals surface area contributed by atoms with Crippen LogP contribution in [0, 0.1) is 0 Å². The Morgan fingerprint density at radius 1 is 0.571 bits per heavy atom. The van der Waals surface area contributed by atoms with Crippen molar-refractivity contribution in [2.24, 2.45) is 0 Å². The van der Waals surface area contributed by atoms with Crippen LogP contribution in [0.3, 0.4) is 0 Å². The van der Waals surface area contributed by atoms with Gasteiger partial charge in [-0.2, -0.15) is 0 Å². The van der Waals surface area contributed by atoms with E-state index in [0.29, 0.717) is 0 Å². The van der Waals surface area contributed by atoms with E-state index in [1.165, 1.54) is 0 Å². The smallest absolute Gasteiger partial charge is 0.0555 e. The minimum Gasteiger partial charge on any atom is -0.549 e. The molecule has 0 rings (SSSR count). The number of aliphatic carboxylic acids is 4. The van der Waals surface area contributed by atoms with Crippen molar-refractivity contribution in [3.8, 4) is 0 Å². The summed E-state index contributed by atoms with van der Waals surface area (Å²) in [6, 6.07) is 0. The summed E-state index contributed by atoms with van der Waals surface area (Å²) in [6.45, 7) is -3.25. The Bertz CT molecular complexity index is 321. The molecule has 1 radical (unpaired) electrons.